The average molecular weight is 282 g/mol. The highest BCUT2D eigenvalue weighted by Gasteiger charge is 2.09. The van der Waals surface area contributed by atoms with Gasteiger partial charge in [0.1, 0.15) is 0 Å². The maximum absolute atomic E-state index is 10.5. The third kappa shape index (κ3) is 2.58. The Hall–Kier alpha value is -1.71. The quantitative estimate of drug-likeness (QED) is 0.868. The van der Waals surface area contributed by atoms with Crippen LogP contribution in [0, 0.1) is 0 Å². The standard InChI is InChI=1S/C13H9Cl2NO2/c14-12-9(4-6-11(17)18)3-5-10(13(12)15)16-7-1-2-8-16/h1-8H,(H,17,18)/b6-4+. The van der Waals surface area contributed by atoms with Gasteiger partial charge in [-0.25, -0.2) is 4.79 Å². The maximum atomic E-state index is 10.5. The Kier molecular flexibility index (Phi) is 3.75. The molecule has 0 atom stereocenters. The molecule has 0 aliphatic rings. The van der Waals surface area contributed by atoms with Crippen LogP contribution in [0.4, 0.5) is 0 Å². The SMILES string of the molecule is O=C(O)/C=C/c1ccc(-n2cccc2)c(Cl)c1Cl. The molecule has 0 aliphatic heterocycles. The summed E-state index contributed by atoms with van der Waals surface area (Å²) in [5.74, 6) is -1.03. The van der Waals surface area contributed by atoms with Gasteiger partial charge >= 0.3 is 5.97 Å². The second kappa shape index (κ2) is 5.29. The lowest BCUT2D eigenvalue weighted by atomic mass is 10.2. The van der Waals surface area contributed by atoms with E-state index in [0.717, 1.165) is 11.8 Å². The summed E-state index contributed by atoms with van der Waals surface area (Å²) >= 11 is 12.3. The maximum Gasteiger partial charge on any atom is 0.328 e. The Labute approximate surface area is 114 Å². The molecule has 0 radical (unpaired) electrons. The third-order valence-electron chi connectivity index (χ3n) is 2.38. The van der Waals surface area contributed by atoms with E-state index in [4.69, 9.17) is 28.3 Å². The van der Waals surface area contributed by atoms with Gasteiger partial charge in [0.25, 0.3) is 0 Å². The van der Waals surface area contributed by atoms with Gasteiger partial charge in [-0.3, -0.25) is 0 Å². The lowest BCUT2D eigenvalue weighted by Gasteiger charge is -2.09. The molecular weight excluding hydrogens is 273 g/mol. The number of aliphatic carboxylic acids is 1. The van der Waals surface area contributed by atoms with E-state index >= 15 is 0 Å². The lowest BCUT2D eigenvalue weighted by Crippen LogP contribution is -1.93. The zero-order valence-electron chi connectivity index (χ0n) is 9.18. The molecule has 3 nitrogen and oxygen atoms in total. The van der Waals surface area contributed by atoms with Crippen molar-refractivity contribution in [1.29, 1.82) is 0 Å². The van der Waals surface area contributed by atoms with Crippen LogP contribution in [0.2, 0.25) is 10.0 Å². The second-order valence-corrected chi connectivity index (χ2v) is 4.32. The Balaban J connectivity index is 2.45. The van der Waals surface area contributed by atoms with E-state index in [9.17, 15) is 4.79 Å². The van der Waals surface area contributed by atoms with Crippen molar-refractivity contribution in [2.24, 2.45) is 0 Å². The van der Waals surface area contributed by atoms with Crippen molar-refractivity contribution in [2.45, 2.75) is 0 Å². The van der Waals surface area contributed by atoms with Crippen LogP contribution in [0.3, 0.4) is 0 Å². The van der Waals surface area contributed by atoms with Crippen LogP contribution < -0.4 is 0 Å². The first-order valence-corrected chi connectivity index (χ1v) is 5.87. The Morgan fingerprint density at radius 2 is 1.83 bits per heavy atom. The number of aromatic nitrogens is 1. The molecule has 0 fully saturated rings. The summed E-state index contributed by atoms with van der Waals surface area (Å²) in [6.07, 6.45) is 6.14. The molecular formula is C13H9Cl2NO2. The molecule has 1 aromatic heterocycles. The molecule has 92 valence electrons. The number of benzene rings is 1. The molecule has 0 saturated carbocycles. The average Bonchev–Trinajstić information content (AvgIpc) is 2.84. The zero-order chi connectivity index (χ0) is 13.1. The Bertz CT molecular complexity index is 604. The summed E-state index contributed by atoms with van der Waals surface area (Å²) in [4.78, 5) is 10.5. The van der Waals surface area contributed by atoms with Gasteiger partial charge < -0.3 is 9.67 Å². The summed E-state index contributed by atoms with van der Waals surface area (Å²) in [5, 5.41) is 9.30. The van der Waals surface area contributed by atoms with E-state index in [1.54, 1.807) is 12.1 Å². The van der Waals surface area contributed by atoms with E-state index in [2.05, 4.69) is 0 Å². The normalized spacial score (nSPS) is 11.0. The molecule has 0 spiro atoms. The first-order chi connectivity index (χ1) is 8.59. The van der Waals surface area contributed by atoms with Crippen molar-refractivity contribution < 1.29 is 9.90 Å². The monoisotopic (exact) mass is 281 g/mol. The molecule has 18 heavy (non-hydrogen) atoms. The molecule has 0 unspecified atom stereocenters. The molecule has 0 amide bonds. The van der Waals surface area contributed by atoms with Crippen LogP contribution in [0.25, 0.3) is 11.8 Å². The number of rotatable bonds is 3. The molecule has 0 saturated heterocycles. The highest BCUT2D eigenvalue weighted by atomic mass is 35.5. The summed E-state index contributed by atoms with van der Waals surface area (Å²) in [6.45, 7) is 0. The Morgan fingerprint density at radius 1 is 1.17 bits per heavy atom. The van der Waals surface area contributed by atoms with Crippen LogP contribution in [-0.4, -0.2) is 15.6 Å². The molecule has 1 N–H and O–H groups in total. The first-order valence-electron chi connectivity index (χ1n) is 5.12. The number of carbonyl (C=O) groups is 1. The van der Waals surface area contributed by atoms with Gasteiger partial charge in [-0.2, -0.15) is 0 Å². The first kappa shape index (κ1) is 12.7. The fraction of sp³-hybridized carbons (Fsp3) is 0. The van der Waals surface area contributed by atoms with Gasteiger partial charge in [0.05, 0.1) is 15.7 Å². The second-order valence-electron chi connectivity index (χ2n) is 3.56. The minimum absolute atomic E-state index is 0.334. The molecule has 2 rings (SSSR count). The molecule has 1 heterocycles. The van der Waals surface area contributed by atoms with Crippen molar-refractivity contribution in [3.63, 3.8) is 0 Å². The minimum Gasteiger partial charge on any atom is -0.478 e. The van der Waals surface area contributed by atoms with Crippen LogP contribution in [0.15, 0.2) is 42.7 Å². The summed E-state index contributed by atoms with van der Waals surface area (Å²) in [5.41, 5.74) is 1.32. The van der Waals surface area contributed by atoms with Crippen molar-refractivity contribution in [1.82, 2.24) is 4.57 Å². The van der Waals surface area contributed by atoms with Crippen LogP contribution in [0.1, 0.15) is 5.56 Å². The molecule has 5 heteroatoms. The number of hydrogen-bond donors (Lipinski definition) is 1. The molecule has 0 aliphatic carbocycles. The van der Waals surface area contributed by atoms with E-state index in [1.807, 2.05) is 29.1 Å². The van der Waals surface area contributed by atoms with Gasteiger partial charge in [0, 0.05) is 18.5 Å². The van der Waals surface area contributed by atoms with Gasteiger partial charge in [0.2, 0.25) is 0 Å². The smallest absolute Gasteiger partial charge is 0.328 e. The lowest BCUT2D eigenvalue weighted by molar-refractivity contribution is -0.131. The number of carboxylic acid groups (broad SMARTS) is 1. The summed E-state index contributed by atoms with van der Waals surface area (Å²) in [7, 11) is 0. The van der Waals surface area contributed by atoms with E-state index < -0.39 is 5.97 Å². The summed E-state index contributed by atoms with van der Waals surface area (Å²) < 4.78 is 1.83. The van der Waals surface area contributed by atoms with Crippen LogP contribution in [-0.2, 0) is 4.79 Å². The largest absolute Gasteiger partial charge is 0.478 e. The van der Waals surface area contributed by atoms with E-state index in [1.165, 1.54) is 6.08 Å². The van der Waals surface area contributed by atoms with Crippen molar-refractivity contribution in [3.05, 3.63) is 58.3 Å². The minimum atomic E-state index is -1.03. The highest BCUT2D eigenvalue weighted by molar-refractivity contribution is 6.44. The number of nitrogens with zero attached hydrogens (tertiary/aromatic N) is 1. The highest BCUT2D eigenvalue weighted by Crippen LogP contribution is 2.32. The Morgan fingerprint density at radius 3 is 2.44 bits per heavy atom. The van der Waals surface area contributed by atoms with Gasteiger partial charge in [-0.1, -0.05) is 29.3 Å². The topological polar surface area (TPSA) is 42.2 Å². The zero-order valence-corrected chi connectivity index (χ0v) is 10.7. The molecule has 0 bridgehead atoms. The molecule has 2 aromatic rings. The predicted molar refractivity (Wildman–Crippen MR) is 72.5 cm³/mol. The fourth-order valence-corrected chi connectivity index (χ4v) is 2.03. The van der Waals surface area contributed by atoms with Crippen molar-refractivity contribution in [3.8, 4) is 5.69 Å². The fourth-order valence-electron chi connectivity index (χ4n) is 1.54. The number of hydrogen-bond acceptors (Lipinski definition) is 1. The van der Waals surface area contributed by atoms with Crippen LogP contribution >= 0.6 is 23.2 Å². The van der Waals surface area contributed by atoms with Crippen molar-refractivity contribution in [2.75, 3.05) is 0 Å². The van der Waals surface area contributed by atoms with Crippen LogP contribution in [0.5, 0.6) is 0 Å². The molecule has 1 aromatic carbocycles. The van der Waals surface area contributed by atoms with Gasteiger partial charge in [-0.05, 0) is 29.8 Å². The van der Waals surface area contributed by atoms with E-state index in [-0.39, 0.29) is 0 Å². The van der Waals surface area contributed by atoms with Crippen molar-refractivity contribution >= 4 is 35.2 Å². The van der Waals surface area contributed by atoms with E-state index in [0.29, 0.717) is 15.6 Å². The summed E-state index contributed by atoms with van der Waals surface area (Å²) in [6, 6.07) is 7.27. The van der Waals surface area contributed by atoms with Gasteiger partial charge in [0.15, 0.2) is 0 Å². The predicted octanol–water partition coefficient (Wildman–Crippen LogP) is 3.88. The number of carboxylic acids is 1. The third-order valence-corrected chi connectivity index (χ3v) is 3.27. The number of halogens is 2. The van der Waals surface area contributed by atoms with Gasteiger partial charge in [-0.15, -0.1) is 0 Å².